The lowest BCUT2D eigenvalue weighted by atomic mass is 10.1. The minimum Gasteiger partial charge on any atom is -0.368 e. The first-order chi connectivity index (χ1) is 8.28. The molecule has 0 spiro atoms. The Bertz CT molecular complexity index is 407. The second-order valence-corrected chi connectivity index (χ2v) is 6.15. The van der Waals surface area contributed by atoms with E-state index < -0.39 is 0 Å². The molecule has 0 aliphatic heterocycles. The second-order valence-electron chi connectivity index (χ2n) is 5.59. The van der Waals surface area contributed by atoms with E-state index in [1.807, 2.05) is 0 Å². The van der Waals surface area contributed by atoms with Crippen molar-refractivity contribution in [3.05, 3.63) is 29.3 Å². The third-order valence-corrected chi connectivity index (χ3v) is 4.43. The van der Waals surface area contributed by atoms with E-state index in [1.54, 1.807) is 0 Å². The van der Waals surface area contributed by atoms with E-state index in [0.29, 0.717) is 0 Å². The third-order valence-electron chi connectivity index (χ3n) is 3.83. The Hall–Kier alpha value is -0.500. The van der Waals surface area contributed by atoms with Crippen molar-refractivity contribution in [2.45, 2.75) is 44.0 Å². The molecule has 1 aromatic rings. The lowest BCUT2D eigenvalue weighted by Crippen LogP contribution is -2.28. The summed E-state index contributed by atoms with van der Waals surface area (Å²) in [7, 11) is 0. The summed E-state index contributed by atoms with van der Waals surface area (Å²) < 4.78 is 0. The summed E-state index contributed by atoms with van der Waals surface area (Å²) in [5.74, 6) is 0.972. The summed E-state index contributed by atoms with van der Waals surface area (Å²) in [6, 6.07) is 7.74. The third kappa shape index (κ3) is 2.67. The minimum atomic E-state index is 0.830. The Balaban J connectivity index is 1.87. The van der Waals surface area contributed by atoms with Gasteiger partial charge in [-0.2, -0.15) is 0 Å². The number of alkyl halides is 1. The first-order valence-electron chi connectivity index (χ1n) is 6.70. The van der Waals surface area contributed by atoms with Crippen molar-refractivity contribution >= 4 is 21.6 Å². The van der Waals surface area contributed by atoms with E-state index in [-0.39, 0.29) is 0 Å². The fourth-order valence-electron chi connectivity index (χ4n) is 2.51. The molecule has 0 N–H and O–H groups in total. The molecule has 2 fully saturated rings. The molecule has 2 aliphatic rings. The topological polar surface area (TPSA) is 3.24 Å². The average Bonchev–Trinajstić information content (AvgIpc) is 3.18. The highest BCUT2D eigenvalue weighted by Gasteiger charge is 2.34. The highest BCUT2D eigenvalue weighted by Crippen LogP contribution is 2.39. The molecule has 0 heterocycles. The number of hydrogen-bond donors (Lipinski definition) is 0. The molecule has 0 bridgehead atoms. The average molecular weight is 294 g/mol. The van der Waals surface area contributed by atoms with E-state index in [9.17, 15) is 0 Å². The lowest BCUT2D eigenvalue weighted by Gasteiger charge is -2.27. The highest BCUT2D eigenvalue weighted by molar-refractivity contribution is 9.08. The van der Waals surface area contributed by atoms with Gasteiger partial charge < -0.3 is 4.90 Å². The maximum Gasteiger partial charge on any atom is 0.0410 e. The monoisotopic (exact) mass is 293 g/mol. The normalized spacial score (nSPS) is 19.4. The fourth-order valence-corrected chi connectivity index (χ4v) is 2.96. The van der Waals surface area contributed by atoms with Crippen LogP contribution in [-0.4, -0.2) is 12.6 Å². The van der Waals surface area contributed by atoms with Crippen molar-refractivity contribution in [1.29, 1.82) is 0 Å². The van der Waals surface area contributed by atoms with E-state index in [1.165, 1.54) is 49.0 Å². The van der Waals surface area contributed by atoms with Crippen molar-refractivity contribution in [3.63, 3.8) is 0 Å². The van der Waals surface area contributed by atoms with Crippen molar-refractivity contribution in [2.24, 2.45) is 5.92 Å². The molecule has 2 heteroatoms. The fraction of sp³-hybridized carbons (Fsp3) is 0.600. The van der Waals surface area contributed by atoms with E-state index in [2.05, 4.69) is 46.0 Å². The minimum absolute atomic E-state index is 0.830. The second kappa shape index (κ2) is 4.64. The van der Waals surface area contributed by atoms with Gasteiger partial charge >= 0.3 is 0 Å². The van der Waals surface area contributed by atoms with Crippen LogP contribution < -0.4 is 4.90 Å². The summed E-state index contributed by atoms with van der Waals surface area (Å²) in [5.41, 5.74) is 4.30. The van der Waals surface area contributed by atoms with Gasteiger partial charge in [-0.25, -0.2) is 0 Å². The molecule has 1 aromatic carbocycles. The van der Waals surface area contributed by atoms with Crippen LogP contribution in [-0.2, 0) is 5.33 Å². The SMILES string of the molecule is Cc1ccc(N(CC2CC2)C2CC2)c(CBr)c1. The van der Waals surface area contributed by atoms with Gasteiger partial charge in [0, 0.05) is 23.6 Å². The molecular formula is C15H20BrN. The van der Waals surface area contributed by atoms with Crippen molar-refractivity contribution < 1.29 is 0 Å². The zero-order valence-electron chi connectivity index (χ0n) is 10.5. The van der Waals surface area contributed by atoms with Crippen LogP contribution >= 0.6 is 15.9 Å². The van der Waals surface area contributed by atoms with Crippen LogP contribution in [0.1, 0.15) is 36.8 Å². The standard InChI is InChI=1S/C15H20BrN/c1-11-2-7-15(13(8-11)9-16)17(14-5-6-14)10-12-3-4-12/h2,7-8,12,14H,3-6,9-10H2,1H3. The zero-order valence-corrected chi connectivity index (χ0v) is 12.0. The molecule has 2 saturated carbocycles. The molecule has 92 valence electrons. The highest BCUT2D eigenvalue weighted by atomic mass is 79.9. The predicted octanol–water partition coefficient (Wildman–Crippen LogP) is 4.27. The molecule has 0 atom stereocenters. The maximum absolute atomic E-state index is 3.64. The number of anilines is 1. The van der Waals surface area contributed by atoms with Crippen molar-refractivity contribution in [1.82, 2.24) is 0 Å². The largest absolute Gasteiger partial charge is 0.368 e. The summed E-state index contributed by atoms with van der Waals surface area (Å²) in [6.07, 6.45) is 5.67. The van der Waals surface area contributed by atoms with Gasteiger partial charge in [0.15, 0.2) is 0 Å². The first-order valence-corrected chi connectivity index (χ1v) is 7.82. The summed E-state index contributed by atoms with van der Waals surface area (Å²) >= 11 is 3.64. The van der Waals surface area contributed by atoms with Crippen LogP contribution in [0.3, 0.4) is 0 Å². The molecule has 1 nitrogen and oxygen atoms in total. The number of nitrogens with zero attached hydrogens (tertiary/aromatic N) is 1. The quantitative estimate of drug-likeness (QED) is 0.733. The van der Waals surface area contributed by atoms with Gasteiger partial charge in [0.05, 0.1) is 0 Å². The number of rotatable bonds is 5. The van der Waals surface area contributed by atoms with Crippen LogP contribution in [0, 0.1) is 12.8 Å². The Morgan fingerprint density at radius 2 is 2.00 bits per heavy atom. The zero-order chi connectivity index (χ0) is 11.8. The molecule has 0 amide bonds. The van der Waals surface area contributed by atoms with Gasteiger partial charge in [-0.15, -0.1) is 0 Å². The van der Waals surface area contributed by atoms with E-state index in [4.69, 9.17) is 0 Å². The maximum atomic E-state index is 3.64. The molecule has 0 saturated heterocycles. The van der Waals surface area contributed by atoms with Gasteiger partial charge in [0.25, 0.3) is 0 Å². The smallest absolute Gasteiger partial charge is 0.0410 e. The molecular weight excluding hydrogens is 274 g/mol. The number of benzene rings is 1. The number of aryl methyl sites for hydroxylation is 1. The Kier molecular flexibility index (Phi) is 3.16. The molecule has 2 aliphatic carbocycles. The van der Waals surface area contributed by atoms with Gasteiger partial charge in [0.1, 0.15) is 0 Å². The Morgan fingerprint density at radius 3 is 2.59 bits per heavy atom. The summed E-state index contributed by atoms with van der Waals surface area (Å²) in [5, 5.41) is 0.970. The molecule has 0 unspecified atom stereocenters. The first kappa shape index (κ1) is 11.6. The number of halogens is 1. The van der Waals surface area contributed by atoms with Crippen molar-refractivity contribution in [2.75, 3.05) is 11.4 Å². The Labute approximate surface area is 112 Å². The molecule has 0 radical (unpaired) electrons. The summed E-state index contributed by atoms with van der Waals surface area (Å²) in [4.78, 5) is 2.67. The lowest BCUT2D eigenvalue weighted by molar-refractivity contribution is 0.716. The summed E-state index contributed by atoms with van der Waals surface area (Å²) in [6.45, 7) is 3.46. The van der Waals surface area contributed by atoms with Crippen LogP contribution in [0.15, 0.2) is 18.2 Å². The van der Waals surface area contributed by atoms with Crippen LogP contribution in [0.2, 0.25) is 0 Å². The molecule has 17 heavy (non-hydrogen) atoms. The van der Waals surface area contributed by atoms with Crippen LogP contribution in [0.25, 0.3) is 0 Å². The van der Waals surface area contributed by atoms with Crippen molar-refractivity contribution in [3.8, 4) is 0 Å². The van der Waals surface area contributed by atoms with E-state index in [0.717, 1.165) is 17.3 Å². The van der Waals surface area contributed by atoms with Crippen LogP contribution in [0.4, 0.5) is 5.69 Å². The van der Waals surface area contributed by atoms with Gasteiger partial charge in [-0.05, 0) is 50.2 Å². The molecule has 3 rings (SSSR count). The van der Waals surface area contributed by atoms with E-state index >= 15 is 0 Å². The van der Waals surface area contributed by atoms with Gasteiger partial charge in [0.2, 0.25) is 0 Å². The molecule has 0 aromatic heterocycles. The predicted molar refractivity (Wildman–Crippen MR) is 76.9 cm³/mol. The number of hydrogen-bond acceptors (Lipinski definition) is 1. The Morgan fingerprint density at radius 1 is 1.24 bits per heavy atom. The van der Waals surface area contributed by atoms with Gasteiger partial charge in [-0.1, -0.05) is 33.6 Å². The van der Waals surface area contributed by atoms with Crippen LogP contribution in [0.5, 0.6) is 0 Å². The van der Waals surface area contributed by atoms with Gasteiger partial charge in [-0.3, -0.25) is 0 Å².